The predicted molar refractivity (Wildman–Crippen MR) is 72.9 cm³/mol. The Balaban J connectivity index is 3.98. The summed E-state index contributed by atoms with van der Waals surface area (Å²) in [4.78, 5) is 17.8. The molecule has 0 aliphatic rings. The predicted octanol–water partition coefficient (Wildman–Crippen LogP) is 2.58. The molecule has 0 saturated carbocycles. The van der Waals surface area contributed by atoms with Crippen molar-refractivity contribution in [3.8, 4) is 0 Å². The number of carbonyl (C=O) groups is 1. The number of hydrogen-bond donors (Lipinski definition) is 1. The van der Waals surface area contributed by atoms with E-state index < -0.39 is 13.2 Å². The topological polar surface area (TPSA) is 77.1 Å². The van der Waals surface area contributed by atoms with Crippen molar-refractivity contribution >= 4 is 13.6 Å². The number of nitrogens with zero attached hydrogens (tertiary/aromatic N) is 1. The molecule has 2 amide bonds. The van der Waals surface area contributed by atoms with Gasteiger partial charge >= 0.3 is 13.6 Å². The summed E-state index contributed by atoms with van der Waals surface area (Å²) < 4.78 is 22.1. The molecule has 19 heavy (non-hydrogen) atoms. The summed E-state index contributed by atoms with van der Waals surface area (Å²) in [5.74, 6) is 0. The molecular weight excluding hydrogens is 271 g/mol. The van der Waals surface area contributed by atoms with Gasteiger partial charge in [0, 0.05) is 19.8 Å². The van der Waals surface area contributed by atoms with Gasteiger partial charge in [-0.05, 0) is 34.6 Å². The lowest BCUT2D eigenvalue weighted by atomic mass is 10.2. The Bertz CT molecular complexity index is 326. The highest BCUT2D eigenvalue weighted by atomic mass is 31.2. The average molecular weight is 296 g/mol. The molecule has 1 atom stereocenters. The first-order valence-electron chi connectivity index (χ1n) is 6.20. The molecule has 0 aromatic carbocycles. The van der Waals surface area contributed by atoms with E-state index in [1.807, 2.05) is 13.8 Å². The van der Waals surface area contributed by atoms with Gasteiger partial charge in [0.1, 0.15) is 0 Å². The van der Waals surface area contributed by atoms with Crippen molar-refractivity contribution in [3.63, 3.8) is 0 Å². The van der Waals surface area contributed by atoms with Crippen molar-refractivity contribution in [2.75, 3.05) is 26.5 Å². The van der Waals surface area contributed by atoms with Gasteiger partial charge < -0.3 is 9.42 Å². The maximum Gasteiger partial charge on any atom is 0.341 e. The lowest BCUT2D eigenvalue weighted by Gasteiger charge is -2.24. The van der Waals surface area contributed by atoms with E-state index in [0.29, 0.717) is 13.1 Å². The monoisotopic (exact) mass is 296 g/mol. The van der Waals surface area contributed by atoms with Gasteiger partial charge in [-0.3, -0.25) is 9.09 Å². The summed E-state index contributed by atoms with van der Waals surface area (Å²) in [7, 11) is -3.20. The van der Waals surface area contributed by atoms with Crippen LogP contribution in [0.5, 0.6) is 0 Å². The Kier molecular flexibility index (Phi) is 7.59. The molecule has 0 radical (unpaired) electrons. The van der Waals surface area contributed by atoms with E-state index >= 15 is 0 Å². The third kappa shape index (κ3) is 8.99. The Morgan fingerprint density at radius 1 is 1.26 bits per heavy atom. The van der Waals surface area contributed by atoms with Crippen LogP contribution in [0.15, 0.2) is 0 Å². The minimum Gasteiger partial charge on any atom is -0.324 e. The van der Waals surface area contributed by atoms with Gasteiger partial charge in [-0.25, -0.2) is 15.1 Å². The number of amides is 2. The normalized spacial score (nSPS) is 14.8. The van der Waals surface area contributed by atoms with E-state index in [4.69, 9.17) is 13.9 Å². The molecule has 0 rings (SSSR count). The molecule has 7 nitrogen and oxygen atoms in total. The molecule has 114 valence electrons. The molecule has 0 spiro atoms. The van der Waals surface area contributed by atoms with Crippen LogP contribution in [0.3, 0.4) is 0 Å². The highest BCUT2D eigenvalue weighted by Gasteiger charge is 2.25. The van der Waals surface area contributed by atoms with Crippen LogP contribution in [-0.2, 0) is 18.5 Å². The zero-order valence-electron chi connectivity index (χ0n) is 12.6. The average Bonchev–Trinajstić information content (AvgIpc) is 2.23. The highest BCUT2D eigenvalue weighted by Crippen LogP contribution is 2.47. The molecule has 0 aromatic rings. The van der Waals surface area contributed by atoms with Crippen molar-refractivity contribution in [2.24, 2.45) is 0 Å². The first-order chi connectivity index (χ1) is 8.61. The van der Waals surface area contributed by atoms with Crippen molar-refractivity contribution in [1.82, 2.24) is 10.4 Å². The zero-order chi connectivity index (χ0) is 15.1. The molecule has 0 bridgehead atoms. The largest absolute Gasteiger partial charge is 0.341 e. The van der Waals surface area contributed by atoms with Crippen LogP contribution in [0.1, 0.15) is 34.6 Å². The number of nitrogens with one attached hydrogen (secondary N) is 1. The van der Waals surface area contributed by atoms with Gasteiger partial charge in [0.05, 0.1) is 5.60 Å². The van der Waals surface area contributed by atoms with Crippen molar-refractivity contribution in [3.05, 3.63) is 0 Å². The second-order valence-corrected chi connectivity index (χ2v) is 6.93. The molecule has 0 fully saturated rings. The molecule has 0 aliphatic carbocycles. The summed E-state index contributed by atoms with van der Waals surface area (Å²) in [5, 5.41) is 0. The quantitative estimate of drug-likeness (QED) is 0.338. The second-order valence-electron chi connectivity index (χ2n) is 4.95. The summed E-state index contributed by atoms with van der Waals surface area (Å²) >= 11 is 0. The first kappa shape index (κ1) is 18.4. The maximum atomic E-state index is 11.9. The third-order valence-electron chi connectivity index (χ3n) is 2.00. The number of hydroxylamine groups is 1. The lowest BCUT2D eigenvalue weighted by Crippen LogP contribution is -2.39. The van der Waals surface area contributed by atoms with Gasteiger partial charge in [-0.1, -0.05) is 0 Å². The van der Waals surface area contributed by atoms with E-state index in [1.165, 1.54) is 11.6 Å². The zero-order valence-corrected chi connectivity index (χ0v) is 13.5. The summed E-state index contributed by atoms with van der Waals surface area (Å²) in [6, 6.07) is -0.365. The molecule has 0 heterocycles. The molecule has 0 aliphatic heterocycles. The van der Waals surface area contributed by atoms with Gasteiger partial charge in [0.15, 0.2) is 6.79 Å². The maximum absolute atomic E-state index is 11.9. The van der Waals surface area contributed by atoms with E-state index in [0.717, 1.165) is 0 Å². The summed E-state index contributed by atoms with van der Waals surface area (Å²) in [6.45, 7) is 11.2. The Hall–Kier alpha value is -0.620. The highest BCUT2D eigenvalue weighted by molar-refractivity contribution is 7.53. The van der Waals surface area contributed by atoms with Gasteiger partial charge in [0.2, 0.25) is 0 Å². The van der Waals surface area contributed by atoms with E-state index in [-0.39, 0.29) is 12.8 Å². The summed E-state index contributed by atoms with van der Waals surface area (Å²) in [6.07, 6.45) is 0. The molecule has 1 N–H and O–H groups in total. The van der Waals surface area contributed by atoms with Crippen molar-refractivity contribution in [1.29, 1.82) is 0 Å². The minimum atomic E-state index is -3.20. The van der Waals surface area contributed by atoms with Crippen LogP contribution in [0.4, 0.5) is 4.79 Å². The van der Waals surface area contributed by atoms with E-state index in [1.54, 1.807) is 20.8 Å². The minimum absolute atomic E-state index is 0.336. The molecule has 8 heteroatoms. The van der Waals surface area contributed by atoms with E-state index in [2.05, 4.69) is 5.48 Å². The first-order valence-corrected chi connectivity index (χ1v) is 8.19. The second kappa shape index (κ2) is 7.85. The summed E-state index contributed by atoms with van der Waals surface area (Å²) in [5.41, 5.74) is 1.63. The Morgan fingerprint density at radius 2 is 1.79 bits per heavy atom. The number of rotatable bonds is 7. The van der Waals surface area contributed by atoms with Crippen LogP contribution in [-0.4, -0.2) is 43.1 Å². The fraction of sp³-hybridized carbons (Fsp3) is 0.909. The molecule has 0 saturated heterocycles. The fourth-order valence-electron chi connectivity index (χ4n) is 1.31. The van der Waals surface area contributed by atoms with Crippen molar-refractivity contribution in [2.45, 2.75) is 40.2 Å². The van der Waals surface area contributed by atoms with Crippen LogP contribution >= 0.6 is 7.60 Å². The van der Waals surface area contributed by atoms with Crippen LogP contribution < -0.4 is 5.48 Å². The fourth-order valence-corrected chi connectivity index (χ4v) is 2.60. The van der Waals surface area contributed by atoms with Crippen LogP contribution in [0, 0.1) is 0 Å². The lowest BCUT2D eigenvalue weighted by molar-refractivity contribution is -0.0464. The van der Waals surface area contributed by atoms with Crippen molar-refractivity contribution < 1.29 is 23.2 Å². The van der Waals surface area contributed by atoms with Gasteiger partial charge in [-0.2, -0.15) is 0 Å². The SMILES string of the molecule is CCN(CC)C(=O)NOCOP(C)(=O)OC(C)(C)C. The van der Waals surface area contributed by atoms with Gasteiger partial charge in [-0.15, -0.1) is 0 Å². The molecule has 1 unspecified atom stereocenters. The smallest absolute Gasteiger partial charge is 0.324 e. The van der Waals surface area contributed by atoms with Crippen LogP contribution in [0.25, 0.3) is 0 Å². The number of hydrogen-bond acceptors (Lipinski definition) is 5. The Morgan fingerprint density at radius 3 is 2.21 bits per heavy atom. The molecular formula is C11H25N2O5P. The van der Waals surface area contributed by atoms with Crippen LogP contribution in [0.2, 0.25) is 0 Å². The third-order valence-corrected chi connectivity index (χ3v) is 3.45. The van der Waals surface area contributed by atoms with Gasteiger partial charge in [0.25, 0.3) is 0 Å². The number of carbonyl (C=O) groups excluding carboxylic acids is 1. The number of urea groups is 1. The standard InChI is InChI=1S/C11H25N2O5P/c1-7-13(8-2)10(14)12-16-9-17-19(6,15)18-11(3,4)5/h7-9H2,1-6H3,(H,12,14). The Labute approximate surface area is 115 Å². The molecule has 0 aromatic heterocycles. The van der Waals surface area contributed by atoms with E-state index in [9.17, 15) is 9.36 Å².